The lowest BCUT2D eigenvalue weighted by Crippen LogP contribution is -2.52. The van der Waals surface area contributed by atoms with Crippen molar-refractivity contribution in [3.05, 3.63) is 22.2 Å². The van der Waals surface area contributed by atoms with E-state index >= 15 is 0 Å². The highest BCUT2D eigenvalue weighted by Crippen LogP contribution is 2.33. The number of nitrogen functional groups attached to an aromatic ring is 1. The van der Waals surface area contributed by atoms with Crippen LogP contribution in [0.15, 0.2) is 10.9 Å². The largest absolute Gasteiger partial charge is 0.398 e. The first-order chi connectivity index (χ1) is 11.5. The molecule has 11 heteroatoms. The van der Waals surface area contributed by atoms with Gasteiger partial charge in [-0.2, -0.15) is 0 Å². The molecule has 25 heavy (non-hydrogen) atoms. The van der Waals surface area contributed by atoms with Gasteiger partial charge in [0.15, 0.2) is 0 Å². The number of aromatic nitrogens is 2. The van der Waals surface area contributed by atoms with E-state index in [1.165, 1.54) is 13.0 Å². The van der Waals surface area contributed by atoms with Crippen LogP contribution in [-0.4, -0.2) is 52.8 Å². The van der Waals surface area contributed by atoms with Gasteiger partial charge in [-0.15, -0.1) is 0 Å². The summed E-state index contributed by atoms with van der Waals surface area (Å²) in [5, 5.41) is 0.249. The van der Waals surface area contributed by atoms with Gasteiger partial charge in [0.1, 0.15) is 27.6 Å². The van der Waals surface area contributed by atoms with E-state index in [0.717, 1.165) is 4.57 Å². The fourth-order valence-corrected chi connectivity index (χ4v) is 2.94. The van der Waals surface area contributed by atoms with E-state index in [0.29, 0.717) is 0 Å². The Labute approximate surface area is 148 Å². The minimum Gasteiger partial charge on any atom is -0.398 e. The van der Waals surface area contributed by atoms with Gasteiger partial charge in [0.2, 0.25) is 11.8 Å². The number of amides is 2. The zero-order chi connectivity index (χ0) is 18.7. The van der Waals surface area contributed by atoms with Gasteiger partial charge < -0.3 is 5.73 Å². The van der Waals surface area contributed by atoms with Crippen molar-refractivity contribution in [3.8, 4) is 0 Å². The number of carbonyl (C=O) groups excluding carboxylic acids is 2. The van der Waals surface area contributed by atoms with Crippen LogP contribution in [0.2, 0.25) is 5.21 Å². The summed E-state index contributed by atoms with van der Waals surface area (Å²) in [5.74, 6) is -1.34. The summed E-state index contributed by atoms with van der Waals surface area (Å²) in [5.41, 5.74) is 5.79. The number of carbonyl (C=O) groups is 2. The maximum absolute atomic E-state index is 13.0. The highest BCUT2D eigenvalue weighted by molar-refractivity contribution is 6.52. The van der Waals surface area contributed by atoms with E-state index in [-0.39, 0.29) is 39.8 Å². The Morgan fingerprint density at radius 1 is 1.28 bits per heavy atom. The van der Waals surface area contributed by atoms with Crippen LogP contribution in [0.1, 0.15) is 18.3 Å². The third-order valence-corrected chi connectivity index (χ3v) is 4.26. The summed E-state index contributed by atoms with van der Waals surface area (Å²) in [6.45, 7) is 1.52. The normalized spacial score (nSPS) is 19.8. The van der Waals surface area contributed by atoms with Crippen molar-refractivity contribution in [1.82, 2.24) is 14.9 Å². The average Bonchev–Trinajstić information content (AvgIpc) is 2.49. The molecule has 2 heterocycles. The summed E-state index contributed by atoms with van der Waals surface area (Å²) >= 11 is 0. The lowest BCUT2D eigenvalue weighted by atomic mass is 9.50. The molecule has 0 spiro atoms. The average molecular weight is 326 g/mol. The number of nitrogens with one attached hydrogen (secondary N) is 1. The second-order valence-corrected chi connectivity index (χ2v) is 6.11. The summed E-state index contributed by atoms with van der Waals surface area (Å²) < 4.78 is 1.09. The molecule has 0 saturated carbocycles. The molecule has 1 aliphatic rings. The second-order valence-electron chi connectivity index (χ2n) is 6.11. The lowest BCUT2D eigenvalue weighted by molar-refractivity contribution is -0.136. The van der Waals surface area contributed by atoms with Crippen LogP contribution in [0.25, 0.3) is 10.9 Å². The number of hydrogen-bond donors (Lipinski definition) is 2. The molecule has 1 saturated heterocycles. The van der Waals surface area contributed by atoms with Gasteiger partial charge in [-0.25, -0.2) is 4.98 Å². The van der Waals surface area contributed by atoms with Crippen LogP contribution in [-0.2, 0) is 9.59 Å². The SMILES string of the molecule is [B]c1cc([B])c2nc(C)n(C3CC([B])([B])C(=O)NC3=O)c(=O)c2c1N. The maximum atomic E-state index is 13.0. The van der Waals surface area contributed by atoms with Crippen LogP contribution < -0.4 is 27.5 Å². The number of hydrogen-bond acceptors (Lipinski definition) is 5. The number of nitrogens with zero attached hydrogens (tertiary/aromatic N) is 2. The molecule has 0 aliphatic carbocycles. The molecule has 3 N–H and O–H groups in total. The zero-order valence-corrected chi connectivity index (χ0v) is 13.4. The van der Waals surface area contributed by atoms with Crippen molar-refractivity contribution in [3.63, 3.8) is 0 Å². The van der Waals surface area contributed by atoms with Gasteiger partial charge in [0.05, 0.1) is 26.6 Å². The first-order valence-electron chi connectivity index (χ1n) is 7.34. The molecule has 1 aromatic heterocycles. The highest BCUT2D eigenvalue weighted by Gasteiger charge is 2.41. The molecule has 116 valence electrons. The third-order valence-electron chi connectivity index (χ3n) is 4.26. The number of imide groups is 1. The molecule has 8 radical (unpaired) electrons. The van der Waals surface area contributed by atoms with Crippen molar-refractivity contribution in [2.24, 2.45) is 0 Å². The summed E-state index contributed by atoms with van der Waals surface area (Å²) in [4.78, 5) is 41.2. The van der Waals surface area contributed by atoms with Crippen molar-refractivity contribution in [1.29, 1.82) is 0 Å². The summed E-state index contributed by atoms with van der Waals surface area (Å²) in [6.07, 6.45) is -0.275. The van der Waals surface area contributed by atoms with Crippen LogP contribution in [0.5, 0.6) is 0 Å². The van der Waals surface area contributed by atoms with Gasteiger partial charge in [0.25, 0.3) is 5.56 Å². The van der Waals surface area contributed by atoms with Crippen LogP contribution in [0, 0.1) is 6.92 Å². The molecule has 1 aliphatic heterocycles. The second kappa shape index (κ2) is 5.54. The minimum atomic E-state index is -1.81. The fourth-order valence-electron chi connectivity index (χ4n) is 2.94. The molecule has 2 aromatic rings. The number of nitrogens with two attached hydrogens (primary N) is 1. The molecule has 0 bridgehead atoms. The van der Waals surface area contributed by atoms with Gasteiger partial charge >= 0.3 is 0 Å². The van der Waals surface area contributed by atoms with Gasteiger partial charge in [0, 0.05) is 5.69 Å². The Kier molecular flexibility index (Phi) is 3.85. The Bertz CT molecular complexity index is 1000. The van der Waals surface area contributed by atoms with Crippen LogP contribution >= 0.6 is 0 Å². The smallest absolute Gasteiger partial charge is 0.264 e. The topological polar surface area (TPSA) is 107 Å². The molecule has 1 aromatic carbocycles. The number of benzene rings is 1. The van der Waals surface area contributed by atoms with Crippen molar-refractivity contribution in [2.75, 3.05) is 5.73 Å². The molecule has 7 nitrogen and oxygen atoms in total. The Morgan fingerprint density at radius 3 is 2.56 bits per heavy atom. The van der Waals surface area contributed by atoms with E-state index in [9.17, 15) is 14.4 Å². The zero-order valence-electron chi connectivity index (χ0n) is 13.4. The van der Waals surface area contributed by atoms with Crippen molar-refractivity contribution in [2.45, 2.75) is 24.6 Å². The Balaban J connectivity index is 2.31. The van der Waals surface area contributed by atoms with E-state index in [4.69, 9.17) is 37.1 Å². The van der Waals surface area contributed by atoms with Crippen molar-refractivity contribution >= 4 is 70.7 Å². The molecule has 1 unspecified atom stereocenters. The lowest BCUT2D eigenvalue weighted by Gasteiger charge is -2.35. The van der Waals surface area contributed by atoms with Gasteiger partial charge in [-0.3, -0.25) is 24.3 Å². The fraction of sp³-hybridized carbons (Fsp3) is 0.286. The van der Waals surface area contributed by atoms with E-state index in [2.05, 4.69) is 10.3 Å². The number of anilines is 1. The van der Waals surface area contributed by atoms with E-state index < -0.39 is 28.6 Å². The number of aryl methyl sites for hydroxylation is 1. The first-order valence-corrected chi connectivity index (χ1v) is 7.34. The van der Waals surface area contributed by atoms with Crippen LogP contribution in [0.3, 0.4) is 0 Å². The Hall–Kier alpha value is -2.44. The monoisotopic (exact) mass is 326 g/mol. The molecule has 3 rings (SSSR count). The molecule has 1 fully saturated rings. The highest BCUT2D eigenvalue weighted by atomic mass is 16.2. The molecule has 2 amide bonds. The molecular weight excluding hydrogens is 315 g/mol. The van der Waals surface area contributed by atoms with E-state index in [1.54, 1.807) is 0 Å². The summed E-state index contributed by atoms with van der Waals surface area (Å²) in [7, 11) is 23.1. The predicted octanol–water partition coefficient (Wildman–Crippen LogP) is -3.08. The minimum absolute atomic E-state index is 0.00700. The maximum Gasteiger partial charge on any atom is 0.264 e. The van der Waals surface area contributed by atoms with E-state index in [1.807, 2.05) is 0 Å². The molecular formula is C14H10B4N4O3. The van der Waals surface area contributed by atoms with Crippen LogP contribution in [0.4, 0.5) is 5.69 Å². The first kappa shape index (κ1) is 17.4. The van der Waals surface area contributed by atoms with Gasteiger partial charge in [-0.05, 0) is 18.6 Å². The number of rotatable bonds is 1. The summed E-state index contributed by atoms with van der Waals surface area (Å²) in [6, 6.07) is 0.282. The third kappa shape index (κ3) is 2.58. The van der Waals surface area contributed by atoms with Crippen molar-refractivity contribution < 1.29 is 9.59 Å². The number of fused-ring (bicyclic) bond motifs is 1. The quantitative estimate of drug-likeness (QED) is 0.328. The Morgan fingerprint density at radius 2 is 1.92 bits per heavy atom. The number of piperidine rings is 1. The predicted molar refractivity (Wildman–Crippen MR) is 96.9 cm³/mol. The van der Waals surface area contributed by atoms with Gasteiger partial charge in [-0.1, -0.05) is 17.0 Å². The molecule has 1 atom stereocenters. The standard InChI is InChI=1S/C14H10B4N4O3/c1-4-20-10-6(16)2-5(15)9(19)8(10)12(24)22(4)7-3-14(17,18)13(25)21-11(7)23/h2,7H,3,19H2,1H3,(H,21,23,25).